The van der Waals surface area contributed by atoms with Crippen molar-refractivity contribution in [2.45, 2.75) is 65.1 Å². The molecule has 1 heterocycles. The van der Waals surface area contributed by atoms with E-state index in [1.807, 2.05) is 40.8 Å². The van der Waals surface area contributed by atoms with Crippen LogP contribution in [-0.2, 0) is 4.74 Å². The predicted molar refractivity (Wildman–Crippen MR) is 103 cm³/mol. The third-order valence-electron chi connectivity index (χ3n) is 4.06. The standard InChI is InChI=1S/C19H33N3O4/c1-13(21-18(23)26-19(3,4)5)9-10-14(2)22(6)16-11-15(24-7)12-20-17(16)25-8/h11-14H,9-10H2,1-8H3,(H,21,23)/t13-,14-/m1/s1. The summed E-state index contributed by atoms with van der Waals surface area (Å²) < 4.78 is 15.9. The summed E-state index contributed by atoms with van der Waals surface area (Å²) in [6.45, 7) is 9.65. The van der Waals surface area contributed by atoms with Crippen LogP contribution in [0, 0.1) is 0 Å². The van der Waals surface area contributed by atoms with Gasteiger partial charge in [0, 0.05) is 25.2 Å². The Hall–Kier alpha value is -2.18. The first-order valence-electron chi connectivity index (χ1n) is 8.87. The Bertz CT molecular complexity index is 587. The molecule has 0 spiro atoms. The molecule has 148 valence electrons. The van der Waals surface area contributed by atoms with Crippen LogP contribution in [0.5, 0.6) is 11.6 Å². The highest BCUT2D eigenvalue weighted by Crippen LogP contribution is 2.30. The van der Waals surface area contributed by atoms with E-state index in [0.717, 1.165) is 18.5 Å². The van der Waals surface area contributed by atoms with E-state index in [2.05, 4.69) is 22.1 Å². The van der Waals surface area contributed by atoms with Crippen LogP contribution < -0.4 is 19.7 Å². The summed E-state index contributed by atoms with van der Waals surface area (Å²) in [6.07, 6.45) is 2.95. The molecule has 0 fully saturated rings. The van der Waals surface area contributed by atoms with Crippen LogP contribution in [0.25, 0.3) is 0 Å². The van der Waals surface area contributed by atoms with Crippen LogP contribution in [0.4, 0.5) is 10.5 Å². The predicted octanol–water partition coefficient (Wildman–Crippen LogP) is 3.62. The third-order valence-corrected chi connectivity index (χ3v) is 4.06. The van der Waals surface area contributed by atoms with Gasteiger partial charge in [0.1, 0.15) is 17.0 Å². The van der Waals surface area contributed by atoms with Gasteiger partial charge in [-0.05, 0) is 47.5 Å². The minimum atomic E-state index is -0.493. The Morgan fingerprint density at radius 3 is 2.42 bits per heavy atom. The van der Waals surface area contributed by atoms with Crippen LogP contribution in [0.1, 0.15) is 47.5 Å². The van der Waals surface area contributed by atoms with Crippen molar-refractivity contribution >= 4 is 11.8 Å². The number of alkyl carbamates (subject to hydrolysis) is 1. The maximum atomic E-state index is 11.8. The fourth-order valence-electron chi connectivity index (χ4n) is 2.45. The molecule has 0 radical (unpaired) electrons. The second-order valence-corrected chi connectivity index (χ2v) is 7.49. The Labute approximate surface area is 157 Å². The zero-order valence-electron chi connectivity index (χ0n) is 17.3. The first kappa shape index (κ1) is 21.9. The summed E-state index contributed by atoms with van der Waals surface area (Å²) in [6, 6.07) is 2.15. The molecule has 1 amide bonds. The fourth-order valence-corrected chi connectivity index (χ4v) is 2.45. The largest absolute Gasteiger partial charge is 0.495 e. The maximum absolute atomic E-state index is 11.8. The van der Waals surface area contributed by atoms with Gasteiger partial charge in [0.05, 0.1) is 20.4 Å². The van der Waals surface area contributed by atoms with Gasteiger partial charge >= 0.3 is 6.09 Å². The fraction of sp³-hybridized carbons (Fsp3) is 0.684. The molecule has 26 heavy (non-hydrogen) atoms. The van der Waals surface area contributed by atoms with Crippen molar-refractivity contribution in [3.63, 3.8) is 0 Å². The van der Waals surface area contributed by atoms with Crippen molar-refractivity contribution in [1.82, 2.24) is 10.3 Å². The number of aromatic nitrogens is 1. The van der Waals surface area contributed by atoms with E-state index < -0.39 is 5.60 Å². The third kappa shape index (κ3) is 6.98. The number of carbonyl (C=O) groups excluding carboxylic acids is 1. The highest BCUT2D eigenvalue weighted by molar-refractivity contribution is 5.68. The van der Waals surface area contributed by atoms with Gasteiger partial charge in [0.2, 0.25) is 5.88 Å². The summed E-state index contributed by atoms with van der Waals surface area (Å²) in [5.74, 6) is 1.24. The molecule has 1 rings (SSSR count). The zero-order valence-corrected chi connectivity index (χ0v) is 17.3. The molecule has 1 N–H and O–H groups in total. The first-order chi connectivity index (χ1) is 12.1. The molecule has 0 aliphatic carbocycles. The van der Waals surface area contributed by atoms with E-state index in [0.29, 0.717) is 11.6 Å². The summed E-state index contributed by atoms with van der Waals surface area (Å²) in [4.78, 5) is 18.2. The molecule has 0 aromatic carbocycles. The quantitative estimate of drug-likeness (QED) is 0.756. The summed E-state index contributed by atoms with van der Waals surface area (Å²) in [5.41, 5.74) is 0.375. The lowest BCUT2D eigenvalue weighted by molar-refractivity contribution is 0.0505. The second-order valence-electron chi connectivity index (χ2n) is 7.49. The summed E-state index contributed by atoms with van der Waals surface area (Å²) in [5, 5.41) is 2.87. The normalized spacial score (nSPS) is 13.5. The van der Waals surface area contributed by atoms with Gasteiger partial charge in [0.25, 0.3) is 0 Å². The monoisotopic (exact) mass is 367 g/mol. The van der Waals surface area contributed by atoms with E-state index in [9.17, 15) is 4.79 Å². The lowest BCUT2D eigenvalue weighted by Crippen LogP contribution is -2.38. The summed E-state index contributed by atoms with van der Waals surface area (Å²) in [7, 11) is 5.21. The average Bonchev–Trinajstić information content (AvgIpc) is 2.56. The molecule has 2 atom stereocenters. The molecule has 1 aromatic rings. The number of hydrogen-bond donors (Lipinski definition) is 1. The first-order valence-corrected chi connectivity index (χ1v) is 8.87. The molecular weight excluding hydrogens is 334 g/mol. The number of methoxy groups -OCH3 is 2. The molecule has 0 aliphatic rings. The van der Waals surface area contributed by atoms with E-state index in [-0.39, 0.29) is 18.2 Å². The molecule has 7 heteroatoms. The van der Waals surface area contributed by atoms with Crippen LogP contribution in [0.15, 0.2) is 12.3 Å². The van der Waals surface area contributed by atoms with Crippen LogP contribution >= 0.6 is 0 Å². The number of nitrogens with one attached hydrogen (secondary N) is 1. The van der Waals surface area contributed by atoms with Crippen molar-refractivity contribution in [2.24, 2.45) is 0 Å². The van der Waals surface area contributed by atoms with E-state index in [1.165, 1.54) is 0 Å². The number of carbonyl (C=O) groups is 1. The molecule has 1 aromatic heterocycles. The smallest absolute Gasteiger partial charge is 0.407 e. The molecule has 0 saturated carbocycles. The Morgan fingerprint density at radius 2 is 1.88 bits per heavy atom. The zero-order chi connectivity index (χ0) is 19.9. The average molecular weight is 367 g/mol. The van der Waals surface area contributed by atoms with Gasteiger partial charge in [-0.2, -0.15) is 0 Å². The number of rotatable bonds is 8. The molecule has 0 bridgehead atoms. The molecule has 0 unspecified atom stereocenters. The molecule has 7 nitrogen and oxygen atoms in total. The van der Waals surface area contributed by atoms with E-state index in [4.69, 9.17) is 14.2 Å². The Balaban J connectivity index is 2.62. The van der Waals surface area contributed by atoms with Gasteiger partial charge in [-0.1, -0.05) is 0 Å². The van der Waals surface area contributed by atoms with Gasteiger partial charge in [-0.15, -0.1) is 0 Å². The lowest BCUT2D eigenvalue weighted by Gasteiger charge is -2.29. The number of hydrogen-bond acceptors (Lipinski definition) is 6. The van der Waals surface area contributed by atoms with Crippen molar-refractivity contribution < 1.29 is 19.0 Å². The van der Waals surface area contributed by atoms with Crippen LogP contribution in [-0.4, -0.2) is 50.0 Å². The summed E-state index contributed by atoms with van der Waals surface area (Å²) >= 11 is 0. The molecular formula is C19H33N3O4. The highest BCUT2D eigenvalue weighted by atomic mass is 16.6. The van der Waals surface area contributed by atoms with Gasteiger partial charge < -0.3 is 24.4 Å². The number of pyridine rings is 1. The number of ether oxygens (including phenoxy) is 3. The lowest BCUT2D eigenvalue weighted by atomic mass is 10.1. The number of anilines is 1. The van der Waals surface area contributed by atoms with E-state index in [1.54, 1.807) is 20.4 Å². The molecule has 0 aliphatic heterocycles. The van der Waals surface area contributed by atoms with E-state index >= 15 is 0 Å². The Morgan fingerprint density at radius 1 is 1.23 bits per heavy atom. The SMILES string of the molecule is COc1cnc(OC)c(N(C)[C@H](C)CC[C@@H](C)NC(=O)OC(C)(C)C)c1. The minimum absolute atomic E-state index is 0.0195. The van der Waals surface area contributed by atoms with Crippen molar-refractivity contribution in [2.75, 3.05) is 26.2 Å². The van der Waals surface area contributed by atoms with Crippen LogP contribution in [0.2, 0.25) is 0 Å². The number of nitrogens with zero attached hydrogens (tertiary/aromatic N) is 2. The second kappa shape index (κ2) is 9.50. The van der Waals surface area contributed by atoms with Crippen molar-refractivity contribution in [3.8, 4) is 11.6 Å². The molecule has 0 saturated heterocycles. The highest BCUT2D eigenvalue weighted by Gasteiger charge is 2.20. The topological polar surface area (TPSA) is 72.9 Å². The number of amides is 1. The van der Waals surface area contributed by atoms with Gasteiger partial charge in [0.15, 0.2) is 0 Å². The maximum Gasteiger partial charge on any atom is 0.407 e. The van der Waals surface area contributed by atoms with Crippen LogP contribution in [0.3, 0.4) is 0 Å². The Kier molecular flexibility index (Phi) is 7.99. The van der Waals surface area contributed by atoms with Gasteiger partial charge in [-0.3, -0.25) is 0 Å². The van der Waals surface area contributed by atoms with Crippen molar-refractivity contribution in [1.29, 1.82) is 0 Å². The van der Waals surface area contributed by atoms with Crippen molar-refractivity contribution in [3.05, 3.63) is 12.3 Å². The minimum Gasteiger partial charge on any atom is -0.495 e. The van der Waals surface area contributed by atoms with Gasteiger partial charge in [-0.25, -0.2) is 9.78 Å².